The minimum Gasteiger partial charge on any atom is -0.434 e. The number of benzene rings is 2. The van der Waals surface area contributed by atoms with Crippen LogP contribution in [0.15, 0.2) is 34.7 Å². The van der Waals surface area contributed by atoms with Crippen LogP contribution in [0.1, 0.15) is 11.1 Å². The maximum Gasteiger partial charge on any atom is 0.227 e. The number of aryl methyl sites for hydroxylation is 2. The highest BCUT2D eigenvalue weighted by molar-refractivity contribution is 14.1. The van der Waals surface area contributed by atoms with Gasteiger partial charge < -0.3 is 4.42 Å². The number of oxazole rings is 1. The van der Waals surface area contributed by atoms with Crippen molar-refractivity contribution in [3.05, 3.63) is 50.1 Å². The third-order valence-corrected chi connectivity index (χ3v) is 5.11. The summed E-state index contributed by atoms with van der Waals surface area (Å²) in [5.41, 5.74) is 4.75. The summed E-state index contributed by atoms with van der Waals surface area (Å²) < 4.78 is 6.83. The van der Waals surface area contributed by atoms with Gasteiger partial charge >= 0.3 is 0 Å². The first kappa shape index (κ1) is 12.9. The first-order chi connectivity index (χ1) is 9.06. The molecule has 0 spiro atoms. The summed E-state index contributed by atoms with van der Waals surface area (Å²) in [6, 6.07) is 10.1. The summed E-state index contributed by atoms with van der Waals surface area (Å²) in [7, 11) is 0. The van der Waals surface area contributed by atoms with E-state index in [1.54, 1.807) is 0 Å². The number of aromatic nitrogens is 1. The topological polar surface area (TPSA) is 26.0 Å². The Hall–Kier alpha value is -1.07. The first-order valence-electron chi connectivity index (χ1n) is 5.88. The maximum absolute atomic E-state index is 6.32. The monoisotopic (exact) mass is 383 g/mol. The SMILES string of the molecule is Cc1ccc(-c2nc3cc(C)c(I)c(Cl)c3o2)cc1. The van der Waals surface area contributed by atoms with Gasteiger partial charge in [0.15, 0.2) is 5.58 Å². The second kappa shape index (κ2) is 4.80. The highest BCUT2D eigenvalue weighted by Gasteiger charge is 2.14. The lowest BCUT2D eigenvalue weighted by molar-refractivity contribution is 0.619. The Balaban J connectivity index is 2.22. The van der Waals surface area contributed by atoms with Crippen LogP contribution in [0.5, 0.6) is 0 Å². The third-order valence-electron chi connectivity index (χ3n) is 3.04. The molecule has 0 aliphatic carbocycles. The van der Waals surface area contributed by atoms with Crippen LogP contribution in [0.3, 0.4) is 0 Å². The summed E-state index contributed by atoms with van der Waals surface area (Å²) in [5, 5.41) is 0.640. The molecule has 0 saturated carbocycles. The third kappa shape index (κ3) is 2.25. The van der Waals surface area contributed by atoms with Gasteiger partial charge in [-0.1, -0.05) is 29.3 Å². The van der Waals surface area contributed by atoms with Gasteiger partial charge in [0.05, 0.1) is 5.02 Å². The summed E-state index contributed by atoms with van der Waals surface area (Å²) in [6.45, 7) is 4.08. The van der Waals surface area contributed by atoms with Crippen molar-refractivity contribution in [2.45, 2.75) is 13.8 Å². The Morgan fingerprint density at radius 1 is 1.16 bits per heavy atom. The van der Waals surface area contributed by atoms with Crippen molar-refractivity contribution in [3.8, 4) is 11.5 Å². The zero-order chi connectivity index (χ0) is 13.6. The fraction of sp³-hybridized carbons (Fsp3) is 0.133. The molecule has 0 aliphatic rings. The summed E-state index contributed by atoms with van der Waals surface area (Å²) in [5.74, 6) is 0.610. The van der Waals surface area contributed by atoms with Crippen LogP contribution in [-0.4, -0.2) is 4.98 Å². The second-order valence-electron chi connectivity index (χ2n) is 4.55. The van der Waals surface area contributed by atoms with E-state index in [1.165, 1.54) is 5.56 Å². The van der Waals surface area contributed by atoms with E-state index < -0.39 is 0 Å². The molecule has 0 radical (unpaired) electrons. The zero-order valence-electron chi connectivity index (χ0n) is 10.5. The number of hydrogen-bond donors (Lipinski definition) is 0. The Morgan fingerprint density at radius 3 is 2.53 bits per heavy atom. The van der Waals surface area contributed by atoms with Gasteiger partial charge in [-0.25, -0.2) is 4.98 Å². The van der Waals surface area contributed by atoms with Crippen molar-refractivity contribution >= 4 is 45.3 Å². The molecule has 19 heavy (non-hydrogen) atoms. The average molecular weight is 384 g/mol. The van der Waals surface area contributed by atoms with E-state index >= 15 is 0 Å². The predicted molar refractivity (Wildman–Crippen MR) is 86.6 cm³/mol. The lowest BCUT2D eigenvalue weighted by Gasteiger charge is -1.99. The lowest BCUT2D eigenvalue weighted by Crippen LogP contribution is -1.82. The second-order valence-corrected chi connectivity index (χ2v) is 6.01. The highest BCUT2D eigenvalue weighted by atomic mass is 127. The maximum atomic E-state index is 6.32. The molecule has 1 heterocycles. The number of hydrogen-bond acceptors (Lipinski definition) is 2. The molecule has 0 atom stereocenters. The van der Waals surface area contributed by atoms with Crippen molar-refractivity contribution < 1.29 is 4.42 Å². The van der Waals surface area contributed by atoms with Crippen LogP contribution in [0.4, 0.5) is 0 Å². The van der Waals surface area contributed by atoms with Crippen LogP contribution in [0, 0.1) is 17.4 Å². The summed E-state index contributed by atoms with van der Waals surface area (Å²) >= 11 is 8.54. The molecule has 0 bridgehead atoms. The fourth-order valence-electron chi connectivity index (χ4n) is 1.95. The molecule has 0 saturated heterocycles. The predicted octanol–water partition coefficient (Wildman–Crippen LogP) is 5.37. The van der Waals surface area contributed by atoms with Crippen LogP contribution < -0.4 is 0 Å². The van der Waals surface area contributed by atoms with Crippen LogP contribution in [0.2, 0.25) is 5.02 Å². The average Bonchev–Trinajstić information content (AvgIpc) is 2.81. The lowest BCUT2D eigenvalue weighted by atomic mass is 10.1. The smallest absolute Gasteiger partial charge is 0.227 e. The highest BCUT2D eigenvalue weighted by Crippen LogP contribution is 2.34. The largest absolute Gasteiger partial charge is 0.434 e. The van der Waals surface area contributed by atoms with Crippen LogP contribution in [-0.2, 0) is 0 Å². The van der Waals surface area contributed by atoms with Gasteiger partial charge in [0.1, 0.15) is 5.52 Å². The molecule has 3 rings (SSSR count). The Kier molecular flexibility index (Phi) is 3.27. The molecular formula is C15H11ClINO. The quantitative estimate of drug-likeness (QED) is 0.528. The number of halogens is 2. The number of rotatable bonds is 1. The van der Waals surface area contributed by atoms with E-state index in [-0.39, 0.29) is 0 Å². The molecule has 3 aromatic rings. The molecule has 2 aromatic carbocycles. The number of fused-ring (bicyclic) bond motifs is 1. The Bertz CT molecular complexity index is 762. The Morgan fingerprint density at radius 2 is 1.84 bits per heavy atom. The summed E-state index contributed by atoms with van der Waals surface area (Å²) in [4.78, 5) is 4.52. The van der Waals surface area contributed by atoms with E-state index in [2.05, 4.69) is 34.5 Å². The van der Waals surface area contributed by atoms with E-state index in [0.717, 1.165) is 20.2 Å². The van der Waals surface area contributed by atoms with Gasteiger partial charge in [0, 0.05) is 9.13 Å². The molecule has 96 valence electrons. The zero-order valence-corrected chi connectivity index (χ0v) is 13.4. The molecule has 4 heteroatoms. The molecule has 0 aliphatic heterocycles. The van der Waals surface area contributed by atoms with Gasteiger partial charge in [-0.3, -0.25) is 0 Å². The molecule has 0 unspecified atom stereocenters. The van der Waals surface area contributed by atoms with E-state index in [0.29, 0.717) is 16.5 Å². The van der Waals surface area contributed by atoms with Gasteiger partial charge in [0.25, 0.3) is 0 Å². The number of nitrogens with zero attached hydrogens (tertiary/aromatic N) is 1. The molecule has 0 amide bonds. The van der Waals surface area contributed by atoms with Crippen molar-refractivity contribution in [1.29, 1.82) is 0 Å². The van der Waals surface area contributed by atoms with Gasteiger partial charge in [-0.05, 0) is 60.2 Å². The fourth-order valence-corrected chi connectivity index (χ4v) is 2.63. The van der Waals surface area contributed by atoms with Crippen LogP contribution >= 0.6 is 34.2 Å². The van der Waals surface area contributed by atoms with Crippen LogP contribution in [0.25, 0.3) is 22.6 Å². The first-order valence-corrected chi connectivity index (χ1v) is 7.34. The minimum atomic E-state index is 0.610. The van der Waals surface area contributed by atoms with Crippen molar-refractivity contribution in [2.75, 3.05) is 0 Å². The standard InChI is InChI=1S/C15H11ClINO/c1-8-3-5-10(6-4-8)15-18-11-7-9(2)13(17)12(16)14(11)19-15/h3-7H,1-2H3. The molecule has 2 nitrogen and oxygen atoms in total. The molecule has 0 N–H and O–H groups in total. The van der Waals surface area contributed by atoms with Gasteiger partial charge in [-0.15, -0.1) is 0 Å². The van der Waals surface area contributed by atoms with E-state index in [4.69, 9.17) is 16.0 Å². The molecular weight excluding hydrogens is 373 g/mol. The van der Waals surface area contributed by atoms with Gasteiger partial charge in [-0.2, -0.15) is 0 Å². The van der Waals surface area contributed by atoms with Crippen molar-refractivity contribution in [1.82, 2.24) is 4.98 Å². The normalized spacial score (nSPS) is 11.2. The summed E-state index contributed by atoms with van der Waals surface area (Å²) in [6.07, 6.45) is 0. The van der Waals surface area contributed by atoms with E-state index in [9.17, 15) is 0 Å². The molecule has 0 fully saturated rings. The van der Waals surface area contributed by atoms with Crippen molar-refractivity contribution in [3.63, 3.8) is 0 Å². The van der Waals surface area contributed by atoms with E-state index in [1.807, 2.05) is 37.3 Å². The van der Waals surface area contributed by atoms with Gasteiger partial charge in [0.2, 0.25) is 5.89 Å². The molecule has 1 aromatic heterocycles. The van der Waals surface area contributed by atoms with Crippen molar-refractivity contribution in [2.24, 2.45) is 0 Å². The Labute approximate surface area is 129 Å². The minimum absolute atomic E-state index is 0.610.